The van der Waals surface area contributed by atoms with E-state index in [1.807, 2.05) is 0 Å². The normalized spacial score (nSPS) is 28.5. The number of nitrogens with one attached hydrogen (secondary N) is 1. The zero-order valence-corrected chi connectivity index (χ0v) is 9.07. The third kappa shape index (κ3) is 2.31. The Morgan fingerprint density at radius 3 is 2.94 bits per heavy atom. The lowest BCUT2D eigenvalue weighted by atomic mass is 10.1. The average Bonchev–Trinajstić information content (AvgIpc) is 2.62. The van der Waals surface area contributed by atoms with E-state index >= 15 is 0 Å². The van der Waals surface area contributed by atoms with Crippen LogP contribution in [0.15, 0.2) is 21.9 Å². The van der Waals surface area contributed by atoms with Crippen LogP contribution in [-0.4, -0.2) is 45.2 Å². The molecule has 1 aliphatic rings. The maximum absolute atomic E-state index is 11.5. The lowest BCUT2D eigenvalue weighted by molar-refractivity contribution is 0.0231. The third-order valence-electron chi connectivity index (χ3n) is 2.88. The average molecular weight is 242 g/mol. The van der Waals surface area contributed by atoms with E-state index in [0.29, 0.717) is 6.42 Å². The first-order valence-corrected chi connectivity index (χ1v) is 5.35. The van der Waals surface area contributed by atoms with Crippen LogP contribution in [0.1, 0.15) is 12.5 Å². The van der Waals surface area contributed by atoms with Crippen molar-refractivity contribution in [2.24, 2.45) is 0 Å². The van der Waals surface area contributed by atoms with Crippen LogP contribution in [0.2, 0.25) is 0 Å². The molecule has 1 aliphatic heterocycles. The van der Waals surface area contributed by atoms with Crippen LogP contribution in [0.4, 0.5) is 0 Å². The molecule has 7 nitrogen and oxygen atoms in total. The molecule has 1 aromatic rings. The van der Waals surface area contributed by atoms with Crippen LogP contribution < -0.4 is 11.2 Å². The van der Waals surface area contributed by atoms with Crippen molar-refractivity contribution in [2.45, 2.75) is 24.7 Å². The van der Waals surface area contributed by atoms with Gasteiger partial charge in [-0.3, -0.25) is 14.3 Å². The van der Waals surface area contributed by atoms with Crippen LogP contribution in [0.3, 0.4) is 0 Å². The second-order valence-electron chi connectivity index (χ2n) is 3.96. The maximum Gasteiger partial charge on any atom is 0.328 e. The highest BCUT2D eigenvalue weighted by molar-refractivity contribution is 4.93. The van der Waals surface area contributed by atoms with Gasteiger partial charge in [-0.1, -0.05) is 0 Å². The maximum atomic E-state index is 11.5. The minimum atomic E-state index is -0.870. The van der Waals surface area contributed by atoms with E-state index in [0.717, 1.165) is 0 Å². The van der Waals surface area contributed by atoms with Gasteiger partial charge >= 0.3 is 5.69 Å². The Bertz CT molecular complexity index is 494. The fourth-order valence-corrected chi connectivity index (χ4v) is 1.98. The topological polar surface area (TPSA) is 105 Å². The molecule has 1 saturated heterocycles. The molecule has 17 heavy (non-hydrogen) atoms. The minimum absolute atomic E-state index is 0.0883. The van der Waals surface area contributed by atoms with E-state index in [4.69, 9.17) is 9.84 Å². The van der Waals surface area contributed by atoms with Gasteiger partial charge in [0.2, 0.25) is 0 Å². The summed E-state index contributed by atoms with van der Waals surface area (Å²) in [5, 5.41) is 18.7. The Kier molecular flexibility index (Phi) is 3.41. The predicted octanol–water partition coefficient (Wildman–Crippen LogP) is -1.78. The number of H-pyrrole nitrogens is 1. The monoisotopic (exact) mass is 242 g/mol. The molecule has 1 fully saturated rings. The number of aromatic nitrogens is 2. The number of aliphatic hydroxyl groups is 2. The van der Waals surface area contributed by atoms with Gasteiger partial charge in [-0.05, 0) is 6.42 Å². The van der Waals surface area contributed by atoms with Crippen LogP contribution in [0, 0.1) is 0 Å². The summed E-state index contributed by atoms with van der Waals surface area (Å²) in [6, 6.07) is 0.684. The summed E-state index contributed by atoms with van der Waals surface area (Å²) in [7, 11) is 0. The molecule has 0 aromatic carbocycles. The molecule has 94 valence electrons. The van der Waals surface area contributed by atoms with Crippen molar-refractivity contribution >= 4 is 0 Å². The molecule has 0 bridgehead atoms. The van der Waals surface area contributed by atoms with E-state index < -0.39 is 29.5 Å². The molecule has 0 spiro atoms. The molecule has 2 rings (SSSR count). The van der Waals surface area contributed by atoms with E-state index in [-0.39, 0.29) is 13.2 Å². The quantitative estimate of drug-likeness (QED) is 0.581. The van der Waals surface area contributed by atoms with E-state index in [1.165, 1.54) is 16.8 Å². The number of ether oxygens (including phenoxy) is 1. The lowest BCUT2D eigenvalue weighted by Gasteiger charge is -2.18. The number of hydrogen-bond acceptors (Lipinski definition) is 5. The Morgan fingerprint density at radius 2 is 2.29 bits per heavy atom. The van der Waals surface area contributed by atoms with E-state index in [1.54, 1.807) is 0 Å². The van der Waals surface area contributed by atoms with Crippen molar-refractivity contribution in [2.75, 3.05) is 13.2 Å². The standard InChI is InChI=1S/C10H14N2O5/c13-4-2-7-9(15)6(5-17-7)12-3-1-8(14)11-10(12)16/h1,3,6-7,9,13,15H,2,4-5H2,(H,11,14,16)/t6-,7+,9-/m0/s1. The van der Waals surface area contributed by atoms with Gasteiger partial charge < -0.3 is 14.9 Å². The van der Waals surface area contributed by atoms with Crippen molar-refractivity contribution in [3.63, 3.8) is 0 Å². The highest BCUT2D eigenvalue weighted by Gasteiger charge is 2.36. The van der Waals surface area contributed by atoms with Gasteiger partial charge in [0.05, 0.1) is 18.8 Å². The Hall–Kier alpha value is -1.44. The summed E-state index contributed by atoms with van der Waals surface area (Å²) >= 11 is 0. The first kappa shape index (κ1) is 12.0. The van der Waals surface area contributed by atoms with Gasteiger partial charge in [-0.2, -0.15) is 0 Å². The van der Waals surface area contributed by atoms with Gasteiger partial charge in [0.1, 0.15) is 6.10 Å². The fourth-order valence-electron chi connectivity index (χ4n) is 1.98. The number of aromatic amines is 1. The molecule has 7 heteroatoms. The summed E-state index contributed by atoms with van der Waals surface area (Å²) in [5.41, 5.74) is -1.05. The number of hydrogen-bond donors (Lipinski definition) is 3. The van der Waals surface area contributed by atoms with Gasteiger partial charge in [0.15, 0.2) is 0 Å². The third-order valence-corrected chi connectivity index (χ3v) is 2.88. The van der Waals surface area contributed by atoms with Crippen LogP contribution in [-0.2, 0) is 4.74 Å². The predicted molar refractivity (Wildman–Crippen MR) is 57.8 cm³/mol. The molecule has 3 N–H and O–H groups in total. The van der Waals surface area contributed by atoms with Gasteiger partial charge in [0.25, 0.3) is 5.56 Å². The molecule has 0 aliphatic carbocycles. The minimum Gasteiger partial charge on any atom is -0.396 e. The molecule has 2 heterocycles. The first-order valence-electron chi connectivity index (χ1n) is 5.35. The molecule has 3 atom stereocenters. The zero-order chi connectivity index (χ0) is 12.4. The Balaban J connectivity index is 2.24. The zero-order valence-electron chi connectivity index (χ0n) is 9.07. The molecule has 0 radical (unpaired) electrons. The second-order valence-corrected chi connectivity index (χ2v) is 3.96. The van der Waals surface area contributed by atoms with E-state index in [2.05, 4.69) is 4.98 Å². The van der Waals surface area contributed by atoms with Gasteiger partial charge in [0, 0.05) is 18.9 Å². The van der Waals surface area contributed by atoms with Crippen molar-refractivity contribution in [3.8, 4) is 0 Å². The molecular weight excluding hydrogens is 228 g/mol. The number of rotatable bonds is 3. The summed E-state index contributed by atoms with van der Waals surface area (Å²) in [4.78, 5) is 24.6. The SMILES string of the molecule is O=c1ccn([C@H]2CO[C@H](CCO)[C@H]2O)c(=O)[nH]1. The summed E-state index contributed by atoms with van der Waals surface area (Å²) < 4.78 is 6.54. The highest BCUT2D eigenvalue weighted by Crippen LogP contribution is 2.25. The highest BCUT2D eigenvalue weighted by atomic mass is 16.5. The smallest absolute Gasteiger partial charge is 0.328 e. The molecule has 0 saturated carbocycles. The van der Waals surface area contributed by atoms with Crippen molar-refractivity contribution in [1.29, 1.82) is 0 Å². The van der Waals surface area contributed by atoms with Crippen molar-refractivity contribution in [1.82, 2.24) is 9.55 Å². The lowest BCUT2D eigenvalue weighted by Crippen LogP contribution is -2.37. The Morgan fingerprint density at radius 1 is 1.53 bits per heavy atom. The number of nitrogens with zero attached hydrogens (tertiary/aromatic N) is 1. The molecule has 0 amide bonds. The molecule has 1 aromatic heterocycles. The van der Waals surface area contributed by atoms with Gasteiger partial charge in [-0.25, -0.2) is 4.79 Å². The van der Waals surface area contributed by atoms with Crippen molar-refractivity contribution in [3.05, 3.63) is 33.1 Å². The second kappa shape index (κ2) is 4.82. The summed E-state index contributed by atoms with van der Waals surface area (Å²) in [5.74, 6) is 0. The van der Waals surface area contributed by atoms with Gasteiger partial charge in [-0.15, -0.1) is 0 Å². The Labute approximate surface area is 96.3 Å². The molecule has 0 unspecified atom stereocenters. The first-order chi connectivity index (χ1) is 8.13. The van der Waals surface area contributed by atoms with Crippen LogP contribution in [0.5, 0.6) is 0 Å². The largest absolute Gasteiger partial charge is 0.396 e. The number of aliphatic hydroxyl groups excluding tert-OH is 2. The summed E-state index contributed by atoms with van der Waals surface area (Å²) in [6.45, 7) is 0.0900. The summed E-state index contributed by atoms with van der Waals surface area (Å²) in [6.07, 6.45) is 0.296. The molecular formula is C10H14N2O5. The van der Waals surface area contributed by atoms with Crippen molar-refractivity contribution < 1.29 is 14.9 Å². The van der Waals surface area contributed by atoms with E-state index in [9.17, 15) is 14.7 Å². The van der Waals surface area contributed by atoms with Crippen LogP contribution >= 0.6 is 0 Å². The fraction of sp³-hybridized carbons (Fsp3) is 0.600. The van der Waals surface area contributed by atoms with Crippen LogP contribution in [0.25, 0.3) is 0 Å².